The van der Waals surface area contributed by atoms with Crippen molar-refractivity contribution in [2.75, 3.05) is 0 Å². The van der Waals surface area contributed by atoms with Crippen LogP contribution in [0, 0.1) is 0 Å². The molecule has 0 amide bonds. The highest BCUT2D eigenvalue weighted by molar-refractivity contribution is 7.94. The van der Waals surface area contributed by atoms with Gasteiger partial charge in [0.15, 0.2) is 0 Å². The summed E-state index contributed by atoms with van der Waals surface area (Å²) >= 11 is 0. The van der Waals surface area contributed by atoms with Crippen molar-refractivity contribution in [3.63, 3.8) is 0 Å². The highest BCUT2D eigenvalue weighted by Gasteiger charge is 2.31. The van der Waals surface area contributed by atoms with E-state index in [4.69, 9.17) is 0 Å². The van der Waals surface area contributed by atoms with Gasteiger partial charge in [-0.15, -0.1) is 0 Å². The van der Waals surface area contributed by atoms with E-state index in [-0.39, 0.29) is 0 Å². The zero-order valence-electron chi connectivity index (χ0n) is 10.3. The Morgan fingerprint density at radius 3 is 2.35 bits per heavy atom. The van der Waals surface area contributed by atoms with Crippen LogP contribution in [0.2, 0.25) is 0 Å². The molecule has 92 valence electrons. The number of allylic oxidation sites excluding steroid dienone is 7. The van der Waals surface area contributed by atoms with Gasteiger partial charge in [0.05, 0.1) is 10.6 Å². The van der Waals surface area contributed by atoms with Crippen molar-refractivity contribution in [1.82, 2.24) is 4.72 Å². The van der Waals surface area contributed by atoms with Gasteiger partial charge in [0.25, 0.3) is 10.0 Å². The van der Waals surface area contributed by atoms with Crippen molar-refractivity contribution < 1.29 is 8.42 Å². The maximum atomic E-state index is 11.9. The molecule has 1 heterocycles. The van der Waals surface area contributed by atoms with Crippen LogP contribution in [0.5, 0.6) is 0 Å². The molecule has 1 aliphatic rings. The SMILES string of the molecule is C=C/C(=C/C)C1=C(/C=C\C)NS(=O)(=O)/C1=C/C. The predicted molar refractivity (Wildman–Crippen MR) is 71.6 cm³/mol. The first-order chi connectivity index (χ1) is 8.01. The van der Waals surface area contributed by atoms with Crippen LogP contribution in [0.1, 0.15) is 20.8 Å². The average molecular weight is 251 g/mol. The number of hydrogen-bond acceptors (Lipinski definition) is 2. The highest BCUT2D eigenvalue weighted by Crippen LogP contribution is 2.33. The van der Waals surface area contributed by atoms with Crippen molar-refractivity contribution in [1.29, 1.82) is 0 Å². The van der Waals surface area contributed by atoms with E-state index >= 15 is 0 Å². The summed E-state index contributed by atoms with van der Waals surface area (Å²) in [6.45, 7) is 9.12. The smallest absolute Gasteiger partial charge is 0.262 e. The molecular weight excluding hydrogens is 234 g/mol. The number of sulfonamides is 1. The van der Waals surface area contributed by atoms with E-state index in [1.54, 1.807) is 31.2 Å². The minimum absolute atomic E-state index is 0.304. The second-order valence-corrected chi connectivity index (χ2v) is 5.15. The van der Waals surface area contributed by atoms with Crippen molar-refractivity contribution in [3.8, 4) is 0 Å². The van der Waals surface area contributed by atoms with Gasteiger partial charge in [0, 0.05) is 5.57 Å². The molecule has 1 aliphatic heterocycles. The normalized spacial score (nSPS) is 22.3. The van der Waals surface area contributed by atoms with Crippen LogP contribution in [-0.2, 0) is 10.0 Å². The number of rotatable bonds is 3. The van der Waals surface area contributed by atoms with Crippen LogP contribution in [0.15, 0.2) is 58.7 Å². The van der Waals surface area contributed by atoms with E-state index in [2.05, 4.69) is 11.3 Å². The average Bonchev–Trinajstić information content (AvgIpc) is 2.52. The van der Waals surface area contributed by atoms with Gasteiger partial charge in [-0.3, -0.25) is 4.72 Å². The van der Waals surface area contributed by atoms with Crippen LogP contribution in [-0.4, -0.2) is 8.42 Å². The Morgan fingerprint density at radius 1 is 1.29 bits per heavy atom. The van der Waals surface area contributed by atoms with Crippen LogP contribution < -0.4 is 4.72 Å². The lowest BCUT2D eigenvalue weighted by atomic mass is 10.0. The molecule has 17 heavy (non-hydrogen) atoms. The quantitative estimate of drug-likeness (QED) is 0.784. The summed E-state index contributed by atoms with van der Waals surface area (Å²) in [5, 5.41) is 0. The first-order valence-electron chi connectivity index (χ1n) is 5.37. The molecule has 1 N–H and O–H groups in total. The molecule has 0 saturated carbocycles. The summed E-state index contributed by atoms with van der Waals surface area (Å²) in [6.07, 6.45) is 8.65. The molecule has 0 bridgehead atoms. The van der Waals surface area contributed by atoms with Gasteiger partial charge in [0.1, 0.15) is 0 Å². The Labute approximate surface area is 103 Å². The molecule has 1 rings (SSSR count). The standard InChI is InChI=1S/C13H17NO2S/c1-5-9-11-13(10(6-2)7-3)12(8-4)17(15,16)14-11/h5-9,14H,2H2,1,3-4H3/b9-5-,10-7-,12-8+. The second kappa shape index (κ2) is 5.19. The molecule has 0 saturated heterocycles. The Hall–Kier alpha value is -1.55. The second-order valence-electron chi connectivity index (χ2n) is 3.50. The van der Waals surface area contributed by atoms with E-state index in [1.807, 2.05) is 19.9 Å². The Balaban J connectivity index is 3.55. The Kier molecular flexibility index (Phi) is 4.12. The predicted octanol–water partition coefficient (Wildman–Crippen LogP) is 2.79. The molecule has 0 radical (unpaired) electrons. The molecule has 0 unspecified atom stereocenters. The summed E-state index contributed by atoms with van der Waals surface area (Å²) in [5.74, 6) is 0. The summed E-state index contributed by atoms with van der Waals surface area (Å²) in [4.78, 5) is 0.304. The molecule has 0 aromatic heterocycles. The van der Waals surface area contributed by atoms with Gasteiger partial charge < -0.3 is 0 Å². The summed E-state index contributed by atoms with van der Waals surface area (Å²) in [6, 6.07) is 0. The fourth-order valence-corrected chi connectivity index (χ4v) is 3.14. The minimum Gasteiger partial charge on any atom is -0.279 e. The zero-order valence-corrected chi connectivity index (χ0v) is 11.1. The monoisotopic (exact) mass is 251 g/mol. The van der Waals surface area contributed by atoms with Gasteiger partial charge in [-0.1, -0.05) is 30.9 Å². The zero-order chi connectivity index (χ0) is 13.1. The third-order valence-corrected chi connectivity index (χ3v) is 3.97. The number of nitrogens with one attached hydrogen (secondary N) is 1. The molecular formula is C13H17NO2S. The lowest BCUT2D eigenvalue weighted by molar-refractivity contribution is 0.598. The molecule has 0 aromatic rings. The van der Waals surface area contributed by atoms with Gasteiger partial charge in [0.2, 0.25) is 0 Å². The topological polar surface area (TPSA) is 46.2 Å². The first-order valence-corrected chi connectivity index (χ1v) is 6.85. The maximum Gasteiger partial charge on any atom is 0.262 e. The van der Waals surface area contributed by atoms with Gasteiger partial charge in [-0.2, -0.15) is 0 Å². The van der Waals surface area contributed by atoms with Crippen LogP contribution in [0.3, 0.4) is 0 Å². The number of hydrogen-bond donors (Lipinski definition) is 1. The Morgan fingerprint density at radius 2 is 1.94 bits per heavy atom. The minimum atomic E-state index is -3.43. The molecule has 0 aromatic carbocycles. The van der Waals surface area contributed by atoms with Gasteiger partial charge in [-0.25, -0.2) is 8.42 Å². The van der Waals surface area contributed by atoms with Gasteiger partial charge in [-0.05, 0) is 32.4 Å². The van der Waals surface area contributed by atoms with E-state index < -0.39 is 10.0 Å². The molecule has 0 spiro atoms. The van der Waals surface area contributed by atoms with Crippen molar-refractivity contribution in [2.24, 2.45) is 0 Å². The molecule has 0 aliphatic carbocycles. The Bertz CT molecular complexity index is 546. The largest absolute Gasteiger partial charge is 0.279 e. The summed E-state index contributed by atoms with van der Waals surface area (Å²) in [5.41, 5.74) is 2.08. The summed E-state index contributed by atoms with van der Waals surface area (Å²) in [7, 11) is -3.43. The third-order valence-electron chi connectivity index (χ3n) is 2.46. The lowest BCUT2D eigenvalue weighted by Crippen LogP contribution is -2.16. The van der Waals surface area contributed by atoms with Crippen LogP contribution in [0.4, 0.5) is 0 Å². The van der Waals surface area contributed by atoms with E-state index in [1.165, 1.54) is 0 Å². The molecule has 4 heteroatoms. The van der Waals surface area contributed by atoms with Crippen LogP contribution in [0.25, 0.3) is 0 Å². The lowest BCUT2D eigenvalue weighted by Gasteiger charge is -2.04. The van der Waals surface area contributed by atoms with E-state index in [0.717, 1.165) is 5.57 Å². The fourth-order valence-electron chi connectivity index (χ4n) is 1.76. The third kappa shape index (κ3) is 2.42. The van der Waals surface area contributed by atoms with Crippen LogP contribution >= 0.6 is 0 Å². The molecule has 3 nitrogen and oxygen atoms in total. The van der Waals surface area contributed by atoms with Gasteiger partial charge >= 0.3 is 0 Å². The summed E-state index contributed by atoms with van der Waals surface area (Å²) < 4.78 is 26.4. The van der Waals surface area contributed by atoms with Crippen molar-refractivity contribution in [2.45, 2.75) is 20.8 Å². The fraction of sp³-hybridized carbons (Fsp3) is 0.231. The van der Waals surface area contributed by atoms with E-state index in [0.29, 0.717) is 16.2 Å². The molecule has 0 fully saturated rings. The maximum absolute atomic E-state index is 11.9. The first kappa shape index (κ1) is 13.5. The highest BCUT2D eigenvalue weighted by atomic mass is 32.2. The molecule has 0 atom stereocenters. The van der Waals surface area contributed by atoms with Crippen molar-refractivity contribution >= 4 is 10.0 Å². The van der Waals surface area contributed by atoms with Crippen molar-refractivity contribution in [3.05, 3.63) is 58.7 Å². The van der Waals surface area contributed by atoms with E-state index in [9.17, 15) is 8.42 Å².